The third kappa shape index (κ3) is 7.06. The Hall–Kier alpha value is -3.99. The van der Waals surface area contributed by atoms with Crippen LogP contribution in [0.3, 0.4) is 0 Å². The average molecular weight is 541 g/mol. The van der Waals surface area contributed by atoms with Gasteiger partial charge < -0.3 is 14.8 Å². The fourth-order valence-corrected chi connectivity index (χ4v) is 4.25. The topological polar surface area (TPSA) is 117 Å². The zero-order valence-electron chi connectivity index (χ0n) is 21.7. The Morgan fingerprint density at radius 2 is 1.66 bits per heavy atom. The number of methoxy groups -OCH3 is 1. The van der Waals surface area contributed by atoms with Gasteiger partial charge in [-0.15, -0.1) is 0 Å². The number of nitrogens with one attached hydrogen (secondary N) is 2. The second-order valence-electron chi connectivity index (χ2n) is 8.58. The van der Waals surface area contributed by atoms with Crippen molar-refractivity contribution in [2.45, 2.75) is 52.0 Å². The van der Waals surface area contributed by atoms with Crippen molar-refractivity contribution in [1.29, 1.82) is 0 Å². The molecule has 2 N–H and O–H groups in total. The van der Waals surface area contributed by atoms with E-state index >= 15 is 0 Å². The van der Waals surface area contributed by atoms with Crippen LogP contribution >= 0.6 is 12.2 Å². The number of amides is 3. The zero-order chi connectivity index (χ0) is 27.7. The highest BCUT2D eigenvalue weighted by molar-refractivity contribution is 7.80. The van der Waals surface area contributed by atoms with Crippen LogP contribution in [0.2, 0.25) is 0 Å². The number of carbonyl (C=O) groups is 4. The molecule has 1 aliphatic heterocycles. The van der Waals surface area contributed by atoms with Gasteiger partial charge in [-0.2, -0.15) is 0 Å². The maximum Gasteiger partial charge on any atom is 0.338 e. The van der Waals surface area contributed by atoms with Crippen molar-refractivity contribution in [1.82, 2.24) is 10.4 Å². The SMILES string of the molecule is CCCCCC(=O)NN1C(=S)N(c2ccc(OC)cc2)C(=O)C1CC(=O)Nc1ccc(C(=O)OCC)cc1. The molecule has 2 aromatic rings. The largest absolute Gasteiger partial charge is 0.497 e. The Balaban J connectivity index is 1.76. The van der Waals surface area contributed by atoms with Crippen molar-refractivity contribution >= 4 is 52.4 Å². The highest BCUT2D eigenvalue weighted by atomic mass is 32.1. The third-order valence-electron chi connectivity index (χ3n) is 5.86. The second kappa shape index (κ2) is 13.5. The van der Waals surface area contributed by atoms with Crippen LogP contribution in [0.5, 0.6) is 5.75 Å². The van der Waals surface area contributed by atoms with Crippen LogP contribution in [0.25, 0.3) is 0 Å². The standard InChI is InChI=1S/C27H32N4O6S/c1-4-6-7-8-23(32)29-31-22(25(34)30(27(31)38)20-13-15-21(36-3)16-14-20)17-24(33)28-19-11-9-18(10-12-19)26(35)37-5-2/h9-16,22H,4-8,17H2,1-3H3,(H,28,33)(H,29,32). The van der Waals surface area contributed by atoms with Gasteiger partial charge in [-0.25, -0.2) is 9.80 Å². The first-order valence-electron chi connectivity index (χ1n) is 12.5. The number of rotatable bonds is 12. The van der Waals surface area contributed by atoms with Crippen molar-refractivity contribution < 1.29 is 28.7 Å². The van der Waals surface area contributed by atoms with Crippen LogP contribution in [0.15, 0.2) is 48.5 Å². The normalized spacial score (nSPS) is 14.9. The number of hydrogen-bond acceptors (Lipinski definition) is 7. The number of nitrogens with zero attached hydrogens (tertiary/aromatic N) is 2. The van der Waals surface area contributed by atoms with E-state index in [1.165, 1.54) is 29.2 Å². The number of benzene rings is 2. The van der Waals surface area contributed by atoms with Crippen LogP contribution in [-0.4, -0.2) is 53.6 Å². The maximum absolute atomic E-state index is 13.5. The first-order valence-corrected chi connectivity index (χ1v) is 12.9. The molecule has 0 aromatic heterocycles. The van der Waals surface area contributed by atoms with E-state index in [0.717, 1.165) is 12.8 Å². The number of hydrogen-bond donors (Lipinski definition) is 2. The number of anilines is 2. The minimum Gasteiger partial charge on any atom is -0.497 e. The molecule has 1 unspecified atom stereocenters. The highest BCUT2D eigenvalue weighted by Gasteiger charge is 2.45. The molecule has 1 aliphatic rings. The molecule has 38 heavy (non-hydrogen) atoms. The number of hydrazine groups is 1. The molecule has 11 heteroatoms. The van der Waals surface area contributed by atoms with E-state index in [1.54, 1.807) is 43.3 Å². The smallest absolute Gasteiger partial charge is 0.338 e. The summed E-state index contributed by atoms with van der Waals surface area (Å²) in [5, 5.41) is 4.09. The molecular weight excluding hydrogens is 508 g/mol. The van der Waals surface area contributed by atoms with Gasteiger partial charge in [0.25, 0.3) is 5.91 Å². The summed E-state index contributed by atoms with van der Waals surface area (Å²) in [6.45, 7) is 4.01. The molecule has 1 atom stereocenters. The summed E-state index contributed by atoms with van der Waals surface area (Å²) in [6, 6.07) is 11.9. The Morgan fingerprint density at radius 3 is 2.26 bits per heavy atom. The van der Waals surface area contributed by atoms with Crippen LogP contribution in [0, 0.1) is 0 Å². The van der Waals surface area contributed by atoms with Gasteiger partial charge in [-0.05, 0) is 74.1 Å². The number of unbranched alkanes of at least 4 members (excludes halogenated alkanes) is 2. The van der Waals surface area contributed by atoms with Gasteiger partial charge in [0.05, 0.1) is 31.4 Å². The molecule has 2 aromatic carbocycles. The van der Waals surface area contributed by atoms with Gasteiger partial charge in [0.15, 0.2) is 0 Å². The molecule has 202 valence electrons. The molecule has 0 bridgehead atoms. The summed E-state index contributed by atoms with van der Waals surface area (Å²) in [5.74, 6) is -1.04. The summed E-state index contributed by atoms with van der Waals surface area (Å²) in [7, 11) is 1.54. The summed E-state index contributed by atoms with van der Waals surface area (Å²) >= 11 is 5.57. The van der Waals surface area contributed by atoms with Gasteiger partial charge >= 0.3 is 5.97 Å². The van der Waals surface area contributed by atoms with Crippen LogP contribution in [0.1, 0.15) is 56.3 Å². The van der Waals surface area contributed by atoms with Crippen LogP contribution < -0.4 is 20.4 Å². The molecule has 3 rings (SSSR count). The Bertz CT molecular complexity index is 1170. The Labute approximate surface area is 227 Å². The summed E-state index contributed by atoms with van der Waals surface area (Å²) in [5.41, 5.74) is 4.01. The predicted octanol–water partition coefficient (Wildman–Crippen LogP) is 3.81. The predicted molar refractivity (Wildman–Crippen MR) is 147 cm³/mol. The first kappa shape index (κ1) is 28.6. The lowest BCUT2D eigenvalue weighted by Gasteiger charge is -2.24. The summed E-state index contributed by atoms with van der Waals surface area (Å²) in [4.78, 5) is 52.2. The second-order valence-corrected chi connectivity index (χ2v) is 8.95. The molecular formula is C27H32N4O6S. The number of ether oxygens (including phenoxy) is 2. The Kier molecular flexibility index (Phi) is 10.2. The van der Waals surface area contributed by atoms with Crippen molar-refractivity contribution in [2.24, 2.45) is 0 Å². The minimum atomic E-state index is -1.04. The molecule has 1 heterocycles. The third-order valence-corrected chi connectivity index (χ3v) is 6.24. The van der Waals surface area contributed by atoms with Crippen LogP contribution in [-0.2, 0) is 19.1 Å². The van der Waals surface area contributed by atoms with Crippen molar-refractivity contribution in [3.05, 3.63) is 54.1 Å². The van der Waals surface area contributed by atoms with E-state index < -0.39 is 23.8 Å². The number of thiocarbonyl (C=S) groups is 1. The minimum absolute atomic E-state index is 0.0700. The highest BCUT2D eigenvalue weighted by Crippen LogP contribution is 2.28. The fraction of sp³-hybridized carbons (Fsp3) is 0.370. The van der Waals surface area contributed by atoms with Crippen molar-refractivity contribution in [3.63, 3.8) is 0 Å². The fourth-order valence-electron chi connectivity index (χ4n) is 3.89. The van der Waals surface area contributed by atoms with E-state index in [2.05, 4.69) is 10.7 Å². The summed E-state index contributed by atoms with van der Waals surface area (Å²) in [6.07, 6.45) is 2.57. The molecule has 0 aliphatic carbocycles. The number of carbonyl (C=O) groups excluding carboxylic acids is 4. The van der Waals surface area contributed by atoms with E-state index in [4.69, 9.17) is 21.7 Å². The summed E-state index contributed by atoms with van der Waals surface area (Å²) < 4.78 is 10.2. The zero-order valence-corrected chi connectivity index (χ0v) is 22.5. The average Bonchev–Trinajstić information content (AvgIpc) is 3.13. The molecule has 0 spiro atoms. The molecule has 0 radical (unpaired) electrons. The van der Waals surface area contributed by atoms with E-state index in [-0.39, 0.29) is 30.5 Å². The van der Waals surface area contributed by atoms with E-state index in [0.29, 0.717) is 29.1 Å². The molecule has 10 nitrogen and oxygen atoms in total. The first-order chi connectivity index (χ1) is 18.3. The lowest BCUT2D eigenvalue weighted by Crippen LogP contribution is -2.49. The molecule has 1 fully saturated rings. The molecule has 3 amide bonds. The van der Waals surface area contributed by atoms with Gasteiger partial charge in [0.1, 0.15) is 11.8 Å². The van der Waals surface area contributed by atoms with Gasteiger partial charge in [0, 0.05) is 12.1 Å². The quantitative estimate of drug-likeness (QED) is 0.237. The lowest BCUT2D eigenvalue weighted by atomic mass is 10.1. The van der Waals surface area contributed by atoms with Gasteiger partial charge in [-0.1, -0.05) is 19.8 Å². The molecule has 0 saturated carbocycles. The van der Waals surface area contributed by atoms with Crippen molar-refractivity contribution in [3.8, 4) is 5.75 Å². The number of esters is 1. The lowest BCUT2D eigenvalue weighted by molar-refractivity contribution is -0.129. The van der Waals surface area contributed by atoms with E-state index in [1.807, 2.05) is 6.92 Å². The van der Waals surface area contributed by atoms with Crippen LogP contribution in [0.4, 0.5) is 11.4 Å². The Morgan fingerprint density at radius 1 is 0.974 bits per heavy atom. The maximum atomic E-state index is 13.5. The van der Waals surface area contributed by atoms with Gasteiger partial charge in [0.2, 0.25) is 16.9 Å². The van der Waals surface area contributed by atoms with Gasteiger partial charge in [-0.3, -0.25) is 24.7 Å². The monoisotopic (exact) mass is 540 g/mol. The van der Waals surface area contributed by atoms with Crippen molar-refractivity contribution in [2.75, 3.05) is 23.9 Å². The van der Waals surface area contributed by atoms with E-state index in [9.17, 15) is 19.2 Å². The molecule has 1 saturated heterocycles.